The molecule has 4 nitrogen and oxygen atoms in total. The van der Waals surface area contributed by atoms with Crippen LogP contribution >= 0.6 is 0 Å². The van der Waals surface area contributed by atoms with Crippen molar-refractivity contribution < 1.29 is 18.7 Å². The topological polar surface area (TPSA) is 52.6 Å². The molecule has 0 radical (unpaired) electrons. The molecule has 1 aromatic rings. The Hall–Kier alpha value is -1.69. The predicted octanol–water partition coefficient (Wildman–Crippen LogP) is 2.10. The van der Waals surface area contributed by atoms with Crippen LogP contribution < -0.4 is 10.2 Å². The second kappa shape index (κ2) is 6.17. The van der Waals surface area contributed by atoms with E-state index in [0.717, 1.165) is 32.0 Å². The molecular formula is C14H18F2N2O2. The van der Waals surface area contributed by atoms with E-state index in [1.54, 1.807) is 11.9 Å². The molecule has 1 fully saturated rings. The molecule has 2 rings (SSSR count). The minimum absolute atomic E-state index is 0.103. The van der Waals surface area contributed by atoms with E-state index >= 15 is 0 Å². The zero-order valence-corrected chi connectivity index (χ0v) is 11.3. The number of benzene rings is 1. The van der Waals surface area contributed by atoms with Crippen molar-refractivity contribution >= 4 is 11.7 Å². The molecule has 1 aromatic carbocycles. The van der Waals surface area contributed by atoms with Crippen molar-refractivity contribution in [1.82, 2.24) is 5.32 Å². The summed E-state index contributed by atoms with van der Waals surface area (Å²) in [6, 6.07) is 2.43. The number of rotatable bonds is 4. The van der Waals surface area contributed by atoms with Crippen LogP contribution in [0.4, 0.5) is 14.5 Å². The lowest BCUT2D eigenvalue weighted by atomic mass is 9.97. The second-order valence-corrected chi connectivity index (χ2v) is 5.14. The van der Waals surface area contributed by atoms with Gasteiger partial charge in [0.25, 0.3) is 0 Å². The number of anilines is 1. The molecule has 110 valence electrons. The van der Waals surface area contributed by atoms with Gasteiger partial charge in [-0.25, -0.2) is 13.6 Å². The van der Waals surface area contributed by atoms with E-state index in [2.05, 4.69) is 5.32 Å². The summed E-state index contributed by atoms with van der Waals surface area (Å²) in [5.74, 6) is -3.43. The number of nitrogens with one attached hydrogen (secondary N) is 1. The van der Waals surface area contributed by atoms with E-state index in [1.165, 1.54) is 6.07 Å². The van der Waals surface area contributed by atoms with Gasteiger partial charge in [0.1, 0.15) is 0 Å². The van der Waals surface area contributed by atoms with Gasteiger partial charge < -0.3 is 15.3 Å². The maximum absolute atomic E-state index is 13.9. The monoisotopic (exact) mass is 284 g/mol. The highest BCUT2D eigenvalue weighted by molar-refractivity contribution is 5.88. The molecule has 0 bridgehead atoms. The molecule has 1 aliphatic heterocycles. The molecule has 0 aromatic heterocycles. The van der Waals surface area contributed by atoms with E-state index in [4.69, 9.17) is 5.11 Å². The summed E-state index contributed by atoms with van der Waals surface area (Å²) < 4.78 is 27.6. The Morgan fingerprint density at radius 2 is 2.00 bits per heavy atom. The lowest BCUT2D eigenvalue weighted by molar-refractivity contribution is 0.0690. The quantitative estimate of drug-likeness (QED) is 0.889. The number of carboxylic acid groups (broad SMARTS) is 1. The molecular weight excluding hydrogens is 266 g/mol. The SMILES string of the molecule is CN(CC1CCNCC1)c1ccc(C(=O)O)c(F)c1F. The first-order chi connectivity index (χ1) is 9.50. The minimum atomic E-state index is -1.46. The van der Waals surface area contributed by atoms with Gasteiger partial charge in [-0.2, -0.15) is 0 Å². The number of hydrogen-bond donors (Lipinski definition) is 2. The van der Waals surface area contributed by atoms with E-state index in [1.807, 2.05) is 0 Å². The van der Waals surface area contributed by atoms with Crippen LogP contribution in [-0.2, 0) is 0 Å². The van der Waals surface area contributed by atoms with Crippen molar-refractivity contribution in [2.24, 2.45) is 5.92 Å². The fourth-order valence-electron chi connectivity index (χ4n) is 2.55. The third-order valence-corrected chi connectivity index (χ3v) is 3.69. The third-order valence-electron chi connectivity index (χ3n) is 3.69. The van der Waals surface area contributed by atoms with E-state index < -0.39 is 23.2 Å². The highest BCUT2D eigenvalue weighted by atomic mass is 19.2. The molecule has 0 amide bonds. The normalized spacial score (nSPS) is 16.1. The van der Waals surface area contributed by atoms with Crippen molar-refractivity contribution in [3.05, 3.63) is 29.3 Å². The van der Waals surface area contributed by atoms with Gasteiger partial charge in [0.05, 0.1) is 11.3 Å². The highest BCUT2D eigenvalue weighted by Gasteiger charge is 2.22. The third kappa shape index (κ3) is 3.07. The smallest absolute Gasteiger partial charge is 0.338 e. The van der Waals surface area contributed by atoms with Crippen LogP contribution in [0.15, 0.2) is 12.1 Å². The van der Waals surface area contributed by atoms with Gasteiger partial charge in [0.2, 0.25) is 0 Å². The Kier molecular flexibility index (Phi) is 4.54. The zero-order chi connectivity index (χ0) is 14.7. The zero-order valence-electron chi connectivity index (χ0n) is 11.3. The molecule has 1 heterocycles. The summed E-state index contributed by atoms with van der Waals surface area (Å²) in [4.78, 5) is 12.4. The Morgan fingerprint density at radius 3 is 2.60 bits per heavy atom. The number of carbonyl (C=O) groups is 1. The number of hydrogen-bond acceptors (Lipinski definition) is 3. The fraction of sp³-hybridized carbons (Fsp3) is 0.500. The molecule has 1 aliphatic rings. The molecule has 6 heteroatoms. The van der Waals surface area contributed by atoms with Crippen LogP contribution in [0.2, 0.25) is 0 Å². The Morgan fingerprint density at radius 1 is 1.35 bits per heavy atom. The Balaban J connectivity index is 2.15. The lowest BCUT2D eigenvalue weighted by Crippen LogP contribution is -2.35. The van der Waals surface area contributed by atoms with Crippen molar-refractivity contribution in [2.75, 3.05) is 31.6 Å². The van der Waals surface area contributed by atoms with Crippen LogP contribution in [-0.4, -0.2) is 37.8 Å². The van der Waals surface area contributed by atoms with Crippen LogP contribution in [0.25, 0.3) is 0 Å². The minimum Gasteiger partial charge on any atom is -0.478 e. The molecule has 1 saturated heterocycles. The summed E-state index contributed by atoms with van der Waals surface area (Å²) in [6.07, 6.45) is 2.00. The van der Waals surface area contributed by atoms with Crippen molar-refractivity contribution in [2.45, 2.75) is 12.8 Å². The van der Waals surface area contributed by atoms with Crippen LogP contribution in [0.3, 0.4) is 0 Å². The maximum atomic E-state index is 13.9. The van der Waals surface area contributed by atoms with Gasteiger partial charge in [-0.1, -0.05) is 0 Å². The number of piperidine rings is 1. The van der Waals surface area contributed by atoms with Crippen LogP contribution in [0.5, 0.6) is 0 Å². The molecule has 2 N–H and O–H groups in total. The molecule has 0 aliphatic carbocycles. The van der Waals surface area contributed by atoms with Gasteiger partial charge in [-0.05, 0) is 44.0 Å². The van der Waals surface area contributed by atoms with Gasteiger partial charge in [-0.15, -0.1) is 0 Å². The van der Waals surface area contributed by atoms with E-state index in [9.17, 15) is 13.6 Å². The fourth-order valence-corrected chi connectivity index (χ4v) is 2.55. The summed E-state index contributed by atoms with van der Waals surface area (Å²) in [6.45, 7) is 2.51. The van der Waals surface area contributed by atoms with Crippen molar-refractivity contribution in [3.8, 4) is 0 Å². The standard InChI is InChI=1S/C14H18F2N2O2/c1-18(8-9-4-6-17-7-5-9)11-3-2-10(14(19)20)12(15)13(11)16/h2-3,9,17H,4-8H2,1H3,(H,19,20). The first-order valence-electron chi connectivity index (χ1n) is 6.64. The average Bonchev–Trinajstić information content (AvgIpc) is 2.42. The molecule has 0 saturated carbocycles. The predicted molar refractivity (Wildman–Crippen MR) is 72.2 cm³/mol. The summed E-state index contributed by atoms with van der Waals surface area (Å²) in [7, 11) is 1.69. The first-order valence-corrected chi connectivity index (χ1v) is 6.64. The van der Waals surface area contributed by atoms with Crippen LogP contribution in [0, 0.1) is 17.6 Å². The maximum Gasteiger partial charge on any atom is 0.338 e. The van der Waals surface area contributed by atoms with Crippen molar-refractivity contribution in [3.63, 3.8) is 0 Å². The molecule has 0 spiro atoms. The highest BCUT2D eigenvalue weighted by Crippen LogP contribution is 2.25. The van der Waals surface area contributed by atoms with Crippen molar-refractivity contribution in [1.29, 1.82) is 0 Å². The molecule has 0 atom stereocenters. The summed E-state index contributed by atoms with van der Waals surface area (Å²) in [5, 5.41) is 12.0. The average molecular weight is 284 g/mol. The van der Waals surface area contributed by atoms with Gasteiger partial charge in [0, 0.05) is 13.6 Å². The number of halogens is 2. The van der Waals surface area contributed by atoms with E-state index in [0.29, 0.717) is 12.5 Å². The van der Waals surface area contributed by atoms with E-state index in [-0.39, 0.29) is 5.69 Å². The van der Waals surface area contributed by atoms with Gasteiger partial charge in [-0.3, -0.25) is 0 Å². The van der Waals surface area contributed by atoms with Crippen LogP contribution in [0.1, 0.15) is 23.2 Å². The molecule has 0 unspecified atom stereocenters. The Bertz CT molecular complexity index is 502. The Labute approximate surface area is 116 Å². The lowest BCUT2D eigenvalue weighted by Gasteiger charge is -2.29. The summed E-state index contributed by atoms with van der Waals surface area (Å²) in [5.41, 5.74) is -0.535. The number of nitrogens with zero attached hydrogens (tertiary/aromatic N) is 1. The number of aromatic carboxylic acids is 1. The van der Waals surface area contributed by atoms with Gasteiger partial charge in [0.15, 0.2) is 11.6 Å². The largest absolute Gasteiger partial charge is 0.478 e. The second-order valence-electron chi connectivity index (χ2n) is 5.14. The van der Waals surface area contributed by atoms with Gasteiger partial charge >= 0.3 is 5.97 Å². The summed E-state index contributed by atoms with van der Waals surface area (Å²) >= 11 is 0. The number of carboxylic acids is 1. The first kappa shape index (κ1) is 14.7. The molecule has 20 heavy (non-hydrogen) atoms.